The summed E-state index contributed by atoms with van der Waals surface area (Å²) in [5.41, 5.74) is -2.13. The highest BCUT2D eigenvalue weighted by atomic mass is 35.5. The predicted octanol–water partition coefficient (Wildman–Crippen LogP) is 3.81. The normalized spacial score (nSPS) is 11.9. The minimum Gasteiger partial charge on any atom is -0.288 e. The maximum absolute atomic E-state index is 12.3. The Morgan fingerprint density at radius 2 is 1.81 bits per heavy atom. The number of hydrogen-bond donors (Lipinski definition) is 0. The summed E-state index contributed by atoms with van der Waals surface area (Å²) in [6.07, 6.45) is -8.17. The molecule has 0 saturated carbocycles. The first kappa shape index (κ1) is 12.9. The number of ketones is 1. The summed E-state index contributed by atoms with van der Waals surface area (Å²) in [6, 6.07) is 2.29. The number of hydrogen-bond acceptors (Lipinski definition) is 1. The molecule has 0 radical (unpaired) electrons. The van der Waals surface area contributed by atoms with Gasteiger partial charge in [0.05, 0.1) is 10.6 Å². The van der Waals surface area contributed by atoms with Crippen LogP contribution < -0.4 is 0 Å². The summed E-state index contributed by atoms with van der Waals surface area (Å²) >= 11 is 5.26. The van der Waals surface area contributed by atoms with Crippen LogP contribution in [0.1, 0.15) is 15.9 Å². The van der Waals surface area contributed by atoms with Crippen molar-refractivity contribution >= 4 is 17.4 Å². The van der Waals surface area contributed by atoms with E-state index >= 15 is 0 Å². The molecule has 1 aromatic rings. The number of halogens is 6. The molecule has 0 heterocycles. The van der Waals surface area contributed by atoms with Gasteiger partial charge in [-0.3, -0.25) is 4.79 Å². The van der Waals surface area contributed by atoms with E-state index in [2.05, 4.69) is 0 Å². The third kappa shape index (κ3) is 2.49. The molecule has 0 aliphatic heterocycles. The van der Waals surface area contributed by atoms with E-state index in [9.17, 15) is 26.7 Å². The lowest BCUT2D eigenvalue weighted by Crippen LogP contribution is -2.14. The van der Waals surface area contributed by atoms with Crippen LogP contribution in [-0.2, 0) is 6.18 Å². The molecule has 0 amide bonds. The van der Waals surface area contributed by atoms with Crippen LogP contribution in [0.25, 0.3) is 0 Å². The molecule has 0 aromatic heterocycles. The SMILES string of the molecule is O=C(c1cccc(C(F)(F)F)c1Cl)C(F)F. The lowest BCUT2D eigenvalue weighted by molar-refractivity contribution is -0.137. The van der Waals surface area contributed by atoms with E-state index in [1.165, 1.54) is 0 Å². The zero-order chi connectivity index (χ0) is 12.5. The van der Waals surface area contributed by atoms with Crippen LogP contribution in [0.15, 0.2) is 18.2 Å². The van der Waals surface area contributed by atoms with Gasteiger partial charge in [0.2, 0.25) is 5.78 Å². The van der Waals surface area contributed by atoms with Crippen LogP contribution in [0.5, 0.6) is 0 Å². The maximum Gasteiger partial charge on any atom is 0.417 e. The molecule has 0 fully saturated rings. The molecular formula is C9H4ClF5O. The van der Waals surface area contributed by atoms with Gasteiger partial charge in [0.25, 0.3) is 0 Å². The van der Waals surface area contributed by atoms with Gasteiger partial charge in [0.1, 0.15) is 0 Å². The molecule has 0 N–H and O–H groups in total. The second-order valence-electron chi connectivity index (χ2n) is 2.83. The Balaban J connectivity index is 3.30. The summed E-state index contributed by atoms with van der Waals surface area (Å²) in [5.74, 6) is -1.73. The van der Waals surface area contributed by atoms with E-state index in [1.54, 1.807) is 0 Å². The smallest absolute Gasteiger partial charge is 0.288 e. The van der Waals surface area contributed by atoms with E-state index in [1.807, 2.05) is 0 Å². The molecular weight excluding hydrogens is 255 g/mol. The first-order chi connectivity index (χ1) is 7.25. The zero-order valence-corrected chi connectivity index (χ0v) is 8.24. The molecule has 0 aliphatic rings. The van der Waals surface area contributed by atoms with E-state index in [0.717, 1.165) is 12.1 Å². The number of Topliss-reactive ketones (excluding diaryl/α,β-unsaturated/α-hetero) is 1. The van der Waals surface area contributed by atoms with Gasteiger partial charge >= 0.3 is 12.6 Å². The van der Waals surface area contributed by atoms with Gasteiger partial charge in [0.15, 0.2) is 0 Å². The van der Waals surface area contributed by atoms with Gasteiger partial charge in [-0.1, -0.05) is 17.7 Å². The van der Waals surface area contributed by atoms with E-state index < -0.39 is 34.5 Å². The van der Waals surface area contributed by atoms with Crippen molar-refractivity contribution in [1.29, 1.82) is 0 Å². The molecule has 0 spiro atoms. The third-order valence-corrected chi connectivity index (χ3v) is 2.17. The molecule has 0 unspecified atom stereocenters. The van der Waals surface area contributed by atoms with Gasteiger partial charge in [0, 0.05) is 5.56 Å². The number of benzene rings is 1. The highest BCUT2D eigenvalue weighted by Crippen LogP contribution is 2.36. The molecule has 0 saturated heterocycles. The first-order valence-corrected chi connectivity index (χ1v) is 4.31. The largest absolute Gasteiger partial charge is 0.417 e. The third-order valence-electron chi connectivity index (χ3n) is 1.77. The number of alkyl halides is 5. The van der Waals surface area contributed by atoms with Crippen molar-refractivity contribution in [1.82, 2.24) is 0 Å². The van der Waals surface area contributed by atoms with Crippen LogP contribution in [0.4, 0.5) is 22.0 Å². The Morgan fingerprint density at radius 3 is 2.25 bits per heavy atom. The molecule has 0 aliphatic carbocycles. The Kier molecular flexibility index (Phi) is 3.52. The summed E-state index contributed by atoms with van der Waals surface area (Å²) in [7, 11) is 0. The second kappa shape index (κ2) is 4.37. The van der Waals surface area contributed by atoms with Gasteiger partial charge in [-0.15, -0.1) is 0 Å². The van der Waals surface area contributed by atoms with Crippen LogP contribution in [0.3, 0.4) is 0 Å². The van der Waals surface area contributed by atoms with Gasteiger partial charge in [-0.2, -0.15) is 13.2 Å². The van der Waals surface area contributed by atoms with Crippen LogP contribution >= 0.6 is 11.6 Å². The number of carbonyl (C=O) groups excluding carboxylic acids is 1. The van der Waals surface area contributed by atoms with Gasteiger partial charge in [-0.05, 0) is 12.1 Å². The fourth-order valence-corrected chi connectivity index (χ4v) is 1.39. The number of carbonyl (C=O) groups is 1. The van der Waals surface area contributed by atoms with Crippen LogP contribution in [-0.4, -0.2) is 12.2 Å². The Hall–Kier alpha value is -1.17. The second-order valence-corrected chi connectivity index (χ2v) is 3.21. The van der Waals surface area contributed by atoms with Gasteiger partial charge < -0.3 is 0 Å². The summed E-state index contributed by atoms with van der Waals surface area (Å²) < 4.78 is 61.0. The lowest BCUT2D eigenvalue weighted by atomic mass is 10.1. The van der Waals surface area contributed by atoms with E-state index in [4.69, 9.17) is 11.6 Å². The molecule has 16 heavy (non-hydrogen) atoms. The fourth-order valence-electron chi connectivity index (χ4n) is 1.06. The van der Waals surface area contributed by atoms with Crippen molar-refractivity contribution in [3.63, 3.8) is 0 Å². The minimum absolute atomic E-state index is 0.616. The molecule has 1 rings (SSSR count). The summed E-state index contributed by atoms with van der Waals surface area (Å²) in [4.78, 5) is 10.8. The zero-order valence-electron chi connectivity index (χ0n) is 7.49. The first-order valence-electron chi connectivity index (χ1n) is 3.93. The number of rotatable bonds is 2. The van der Waals surface area contributed by atoms with E-state index in [-0.39, 0.29) is 0 Å². The molecule has 1 nitrogen and oxygen atoms in total. The monoisotopic (exact) mass is 258 g/mol. The summed E-state index contributed by atoms with van der Waals surface area (Å²) in [5, 5.41) is -1.000. The van der Waals surface area contributed by atoms with Crippen molar-refractivity contribution in [2.75, 3.05) is 0 Å². The average molecular weight is 259 g/mol. The quantitative estimate of drug-likeness (QED) is 0.582. The van der Waals surface area contributed by atoms with Crippen molar-refractivity contribution < 1.29 is 26.7 Å². The molecule has 7 heteroatoms. The highest BCUT2D eigenvalue weighted by Gasteiger charge is 2.35. The summed E-state index contributed by atoms with van der Waals surface area (Å²) in [6.45, 7) is 0. The Labute approximate surface area is 91.8 Å². The topological polar surface area (TPSA) is 17.1 Å². The average Bonchev–Trinajstić information content (AvgIpc) is 2.15. The highest BCUT2D eigenvalue weighted by molar-refractivity contribution is 6.35. The Bertz CT molecular complexity index is 413. The van der Waals surface area contributed by atoms with Crippen molar-refractivity contribution in [3.05, 3.63) is 34.3 Å². The maximum atomic E-state index is 12.3. The Morgan fingerprint density at radius 1 is 1.25 bits per heavy atom. The predicted molar refractivity (Wildman–Crippen MR) is 46.8 cm³/mol. The van der Waals surface area contributed by atoms with Crippen molar-refractivity contribution in [2.24, 2.45) is 0 Å². The standard InChI is InChI=1S/C9H4ClF5O/c10-6-4(7(16)8(11)12)2-1-3-5(6)9(13,14)15/h1-3,8H. The fraction of sp³-hybridized carbons (Fsp3) is 0.222. The van der Waals surface area contributed by atoms with Crippen molar-refractivity contribution in [3.8, 4) is 0 Å². The molecule has 1 aromatic carbocycles. The minimum atomic E-state index is -4.78. The lowest BCUT2D eigenvalue weighted by Gasteiger charge is -2.11. The van der Waals surface area contributed by atoms with Crippen LogP contribution in [0.2, 0.25) is 5.02 Å². The van der Waals surface area contributed by atoms with Crippen molar-refractivity contribution in [2.45, 2.75) is 12.6 Å². The molecule has 0 atom stereocenters. The van der Waals surface area contributed by atoms with Crippen LogP contribution in [0, 0.1) is 0 Å². The molecule has 88 valence electrons. The van der Waals surface area contributed by atoms with Gasteiger partial charge in [-0.25, -0.2) is 8.78 Å². The molecule has 0 bridgehead atoms. The van der Waals surface area contributed by atoms with E-state index in [0.29, 0.717) is 6.07 Å².